The van der Waals surface area contributed by atoms with Crippen LogP contribution < -0.4 is 4.74 Å². The number of benzene rings is 1. The second kappa shape index (κ2) is 6.68. The minimum atomic E-state index is 0.556. The van der Waals surface area contributed by atoms with Gasteiger partial charge >= 0.3 is 0 Å². The fourth-order valence-electron chi connectivity index (χ4n) is 3.56. The van der Waals surface area contributed by atoms with Gasteiger partial charge in [0, 0.05) is 18.7 Å². The number of hydrogen-bond acceptors (Lipinski definition) is 4. The highest BCUT2D eigenvalue weighted by Gasteiger charge is 2.18. The molecule has 140 valence electrons. The van der Waals surface area contributed by atoms with E-state index in [1.807, 2.05) is 24.3 Å². The number of aromatic nitrogens is 5. The van der Waals surface area contributed by atoms with Crippen LogP contribution in [0.1, 0.15) is 36.5 Å². The van der Waals surface area contributed by atoms with Crippen molar-refractivity contribution in [2.45, 2.75) is 40.7 Å². The third-order valence-electron chi connectivity index (χ3n) is 5.06. The first kappa shape index (κ1) is 17.5. The van der Waals surface area contributed by atoms with Crippen LogP contribution in [0, 0.1) is 19.8 Å². The van der Waals surface area contributed by atoms with Gasteiger partial charge in [0.15, 0.2) is 11.5 Å². The second-order valence-electron chi connectivity index (χ2n) is 7.48. The molecule has 0 saturated carbocycles. The van der Waals surface area contributed by atoms with Crippen molar-refractivity contribution < 1.29 is 4.74 Å². The van der Waals surface area contributed by atoms with Crippen LogP contribution in [0.15, 0.2) is 30.6 Å². The average Bonchev–Trinajstić information content (AvgIpc) is 3.16. The number of nitrogens with zero attached hydrogens (tertiary/aromatic N) is 5. The zero-order valence-corrected chi connectivity index (χ0v) is 16.5. The average molecular weight is 363 g/mol. The van der Waals surface area contributed by atoms with Crippen molar-refractivity contribution in [3.05, 3.63) is 53.2 Å². The minimum absolute atomic E-state index is 0.556. The number of ether oxygens (including phenoxy) is 1. The summed E-state index contributed by atoms with van der Waals surface area (Å²) in [5, 5.41) is 5.75. The lowest BCUT2D eigenvalue weighted by molar-refractivity contribution is 0.414. The molecule has 4 rings (SSSR count). The van der Waals surface area contributed by atoms with Gasteiger partial charge in [-0.3, -0.25) is 0 Å². The highest BCUT2D eigenvalue weighted by Crippen LogP contribution is 2.27. The van der Waals surface area contributed by atoms with E-state index < -0.39 is 0 Å². The molecule has 0 unspecified atom stereocenters. The fraction of sp³-hybridized carbons (Fsp3) is 0.381. The van der Waals surface area contributed by atoms with Crippen LogP contribution in [-0.4, -0.2) is 31.3 Å². The van der Waals surface area contributed by atoms with E-state index in [1.165, 1.54) is 11.3 Å². The molecule has 0 radical (unpaired) electrons. The summed E-state index contributed by atoms with van der Waals surface area (Å²) in [5.41, 5.74) is 5.51. The van der Waals surface area contributed by atoms with E-state index in [2.05, 4.69) is 37.4 Å². The number of hydrogen-bond donors (Lipinski definition) is 0. The van der Waals surface area contributed by atoms with E-state index >= 15 is 0 Å². The summed E-state index contributed by atoms with van der Waals surface area (Å²) in [6, 6.07) is 8.02. The first-order valence-corrected chi connectivity index (χ1v) is 9.30. The topological polar surface area (TPSA) is 57.2 Å². The Kier molecular flexibility index (Phi) is 4.34. The van der Waals surface area contributed by atoms with Crippen molar-refractivity contribution in [1.29, 1.82) is 0 Å². The molecule has 0 atom stereocenters. The first-order chi connectivity index (χ1) is 13.0. The van der Waals surface area contributed by atoms with Crippen LogP contribution in [-0.2, 0) is 13.0 Å². The molecule has 0 spiro atoms. The molecule has 0 aliphatic rings. The van der Waals surface area contributed by atoms with E-state index in [-0.39, 0.29) is 0 Å². The predicted molar refractivity (Wildman–Crippen MR) is 106 cm³/mol. The molecule has 3 heterocycles. The van der Waals surface area contributed by atoms with Crippen LogP contribution >= 0.6 is 0 Å². The third kappa shape index (κ3) is 3.05. The standard InChI is InChI=1S/C21H25N5O/c1-13(2)11-25-15(4)14(3)19-20(25)22-12-26-21(19)23-18(24-26)10-16-6-8-17(27-5)9-7-16/h6-9,12-13H,10-11H2,1-5H3. The molecule has 0 bridgehead atoms. The molecule has 3 aromatic heterocycles. The molecular weight excluding hydrogens is 338 g/mol. The number of fused-ring (bicyclic) bond motifs is 3. The summed E-state index contributed by atoms with van der Waals surface area (Å²) in [5.74, 6) is 2.20. The van der Waals surface area contributed by atoms with Gasteiger partial charge in [-0.2, -0.15) is 0 Å². The quantitative estimate of drug-likeness (QED) is 0.539. The SMILES string of the molecule is COc1ccc(Cc2nc3c4c(C)c(C)n(CC(C)C)c4ncn3n2)cc1. The second-order valence-corrected chi connectivity index (χ2v) is 7.48. The molecular formula is C21H25N5O. The van der Waals surface area contributed by atoms with Crippen molar-refractivity contribution >= 4 is 16.7 Å². The van der Waals surface area contributed by atoms with Crippen LogP contribution in [0.3, 0.4) is 0 Å². The predicted octanol–water partition coefficient (Wildman–Crippen LogP) is 3.95. The molecule has 0 aliphatic carbocycles. The lowest BCUT2D eigenvalue weighted by Gasteiger charge is -2.10. The number of aryl methyl sites for hydroxylation is 1. The van der Waals surface area contributed by atoms with Gasteiger partial charge in [-0.15, -0.1) is 5.10 Å². The summed E-state index contributed by atoms with van der Waals surface area (Å²) in [7, 11) is 1.67. The summed E-state index contributed by atoms with van der Waals surface area (Å²) in [6.07, 6.45) is 2.45. The Hall–Kier alpha value is -2.89. The fourth-order valence-corrected chi connectivity index (χ4v) is 3.56. The largest absolute Gasteiger partial charge is 0.497 e. The lowest BCUT2D eigenvalue weighted by atomic mass is 10.1. The molecule has 0 amide bonds. The maximum absolute atomic E-state index is 5.22. The van der Waals surface area contributed by atoms with E-state index in [9.17, 15) is 0 Å². The normalized spacial score (nSPS) is 11.8. The van der Waals surface area contributed by atoms with E-state index in [0.717, 1.165) is 40.4 Å². The van der Waals surface area contributed by atoms with Gasteiger partial charge in [0.05, 0.1) is 12.5 Å². The van der Waals surface area contributed by atoms with Crippen LogP contribution in [0.2, 0.25) is 0 Å². The van der Waals surface area contributed by atoms with Crippen LogP contribution in [0.4, 0.5) is 0 Å². The van der Waals surface area contributed by atoms with Gasteiger partial charge in [0.2, 0.25) is 0 Å². The zero-order valence-electron chi connectivity index (χ0n) is 16.5. The van der Waals surface area contributed by atoms with E-state index in [1.54, 1.807) is 18.0 Å². The molecule has 4 aromatic rings. The summed E-state index contributed by atoms with van der Waals surface area (Å²) in [6.45, 7) is 9.71. The van der Waals surface area contributed by atoms with Crippen molar-refractivity contribution in [3.63, 3.8) is 0 Å². The van der Waals surface area contributed by atoms with Crippen molar-refractivity contribution in [3.8, 4) is 5.75 Å². The molecule has 0 saturated heterocycles. The van der Waals surface area contributed by atoms with Crippen molar-refractivity contribution in [2.75, 3.05) is 7.11 Å². The molecule has 6 heteroatoms. The summed E-state index contributed by atoms with van der Waals surface area (Å²) < 4.78 is 9.32. The first-order valence-electron chi connectivity index (χ1n) is 9.30. The maximum Gasteiger partial charge on any atom is 0.168 e. The van der Waals surface area contributed by atoms with Gasteiger partial charge in [-0.25, -0.2) is 14.5 Å². The summed E-state index contributed by atoms with van der Waals surface area (Å²) >= 11 is 0. The van der Waals surface area contributed by atoms with Gasteiger partial charge in [-0.1, -0.05) is 26.0 Å². The van der Waals surface area contributed by atoms with E-state index in [0.29, 0.717) is 12.3 Å². The Balaban J connectivity index is 1.78. The van der Waals surface area contributed by atoms with Crippen LogP contribution in [0.25, 0.3) is 16.7 Å². The Morgan fingerprint density at radius 2 is 1.81 bits per heavy atom. The molecule has 0 N–H and O–H groups in total. The van der Waals surface area contributed by atoms with Crippen molar-refractivity contribution in [2.24, 2.45) is 5.92 Å². The molecule has 0 aliphatic heterocycles. The van der Waals surface area contributed by atoms with Crippen LogP contribution in [0.5, 0.6) is 5.75 Å². The Labute approximate surface area is 158 Å². The Morgan fingerprint density at radius 3 is 2.48 bits per heavy atom. The molecule has 0 fully saturated rings. The monoisotopic (exact) mass is 363 g/mol. The summed E-state index contributed by atoms with van der Waals surface area (Å²) in [4.78, 5) is 9.53. The van der Waals surface area contributed by atoms with E-state index in [4.69, 9.17) is 14.7 Å². The highest BCUT2D eigenvalue weighted by atomic mass is 16.5. The number of rotatable bonds is 5. The number of methoxy groups -OCH3 is 1. The van der Waals surface area contributed by atoms with Gasteiger partial charge in [0.1, 0.15) is 17.7 Å². The van der Waals surface area contributed by atoms with Gasteiger partial charge in [0.25, 0.3) is 0 Å². The van der Waals surface area contributed by atoms with Gasteiger partial charge in [-0.05, 0) is 43.0 Å². The lowest BCUT2D eigenvalue weighted by Crippen LogP contribution is -2.07. The van der Waals surface area contributed by atoms with Crippen molar-refractivity contribution in [1.82, 2.24) is 24.1 Å². The Bertz CT molecular complexity index is 1110. The molecule has 6 nitrogen and oxygen atoms in total. The molecule has 1 aromatic carbocycles. The molecule has 27 heavy (non-hydrogen) atoms. The minimum Gasteiger partial charge on any atom is -0.497 e. The maximum atomic E-state index is 5.22. The Morgan fingerprint density at radius 1 is 1.07 bits per heavy atom. The smallest absolute Gasteiger partial charge is 0.168 e. The highest BCUT2D eigenvalue weighted by molar-refractivity contribution is 5.93. The zero-order chi connectivity index (χ0) is 19.1. The van der Waals surface area contributed by atoms with Gasteiger partial charge < -0.3 is 9.30 Å². The third-order valence-corrected chi connectivity index (χ3v) is 5.06.